The van der Waals surface area contributed by atoms with Crippen molar-refractivity contribution >= 4 is 0 Å². The Labute approximate surface area is 99.8 Å². The van der Waals surface area contributed by atoms with E-state index in [9.17, 15) is 14.6 Å². The van der Waals surface area contributed by atoms with Crippen molar-refractivity contribution in [2.24, 2.45) is 0 Å². The number of hydrogen-bond acceptors (Lipinski definition) is 3. The largest absolute Gasteiger partial charge is 0.487 e. The van der Waals surface area contributed by atoms with Gasteiger partial charge in [-0.3, -0.25) is 0 Å². The second-order valence-electron chi connectivity index (χ2n) is 4.51. The quantitative estimate of drug-likeness (QED) is 0.851. The highest BCUT2D eigenvalue weighted by Gasteiger charge is 2.27. The SMILES string of the molecule is C[C@@H](O)c1cc(F)ccc1OC1CCCC1O. The fraction of sp³-hybridized carbons (Fsp3) is 0.538. The van der Waals surface area contributed by atoms with Crippen LogP contribution in [0.1, 0.15) is 37.9 Å². The van der Waals surface area contributed by atoms with Crippen molar-refractivity contribution in [2.45, 2.75) is 44.5 Å². The first-order chi connectivity index (χ1) is 8.08. The molecule has 0 saturated heterocycles. The molecule has 0 bridgehead atoms. The first-order valence-electron chi connectivity index (χ1n) is 5.90. The molecule has 3 atom stereocenters. The molecule has 3 nitrogen and oxygen atoms in total. The molecule has 2 unspecified atom stereocenters. The molecule has 94 valence electrons. The molecule has 0 radical (unpaired) electrons. The van der Waals surface area contributed by atoms with Crippen LogP contribution in [0, 0.1) is 5.82 Å². The van der Waals surface area contributed by atoms with Gasteiger partial charge in [-0.1, -0.05) is 0 Å². The monoisotopic (exact) mass is 240 g/mol. The summed E-state index contributed by atoms with van der Waals surface area (Å²) in [5.74, 6) is 0.0487. The molecule has 0 aliphatic heterocycles. The third-order valence-electron chi connectivity index (χ3n) is 3.12. The van der Waals surface area contributed by atoms with E-state index in [4.69, 9.17) is 4.74 Å². The van der Waals surface area contributed by atoms with E-state index in [0.717, 1.165) is 19.3 Å². The molecule has 2 N–H and O–H groups in total. The molecule has 0 heterocycles. The minimum atomic E-state index is -0.792. The maximum Gasteiger partial charge on any atom is 0.125 e. The molecule has 1 aromatic rings. The normalized spacial score (nSPS) is 25.9. The molecule has 0 amide bonds. The highest BCUT2D eigenvalue weighted by atomic mass is 19.1. The van der Waals surface area contributed by atoms with E-state index >= 15 is 0 Å². The fourth-order valence-corrected chi connectivity index (χ4v) is 2.16. The number of benzene rings is 1. The van der Waals surface area contributed by atoms with Gasteiger partial charge in [-0.05, 0) is 44.4 Å². The number of rotatable bonds is 3. The van der Waals surface area contributed by atoms with Crippen molar-refractivity contribution in [3.63, 3.8) is 0 Å². The predicted molar refractivity (Wildman–Crippen MR) is 61.3 cm³/mol. The topological polar surface area (TPSA) is 49.7 Å². The summed E-state index contributed by atoms with van der Waals surface area (Å²) < 4.78 is 18.7. The van der Waals surface area contributed by atoms with Gasteiger partial charge in [-0.15, -0.1) is 0 Å². The first-order valence-corrected chi connectivity index (χ1v) is 5.90. The molecule has 17 heavy (non-hydrogen) atoms. The summed E-state index contributed by atoms with van der Waals surface area (Å²) in [5.41, 5.74) is 0.420. The van der Waals surface area contributed by atoms with Crippen LogP contribution in [0.4, 0.5) is 4.39 Å². The van der Waals surface area contributed by atoms with E-state index in [-0.39, 0.29) is 6.10 Å². The molecular formula is C13H17FO3. The standard InChI is InChI=1S/C13H17FO3/c1-8(15)10-7-9(14)5-6-12(10)17-13-4-2-3-11(13)16/h5-8,11,13,15-16H,2-4H2,1H3/t8-,11?,13?/m1/s1. The summed E-state index contributed by atoms with van der Waals surface area (Å²) >= 11 is 0. The van der Waals surface area contributed by atoms with E-state index in [1.165, 1.54) is 18.2 Å². The van der Waals surface area contributed by atoms with E-state index in [1.54, 1.807) is 6.92 Å². The molecular weight excluding hydrogens is 223 g/mol. The van der Waals surface area contributed by atoms with Crippen molar-refractivity contribution in [3.8, 4) is 5.75 Å². The van der Waals surface area contributed by atoms with E-state index in [1.807, 2.05) is 0 Å². The lowest BCUT2D eigenvalue weighted by Crippen LogP contribution is -2.26. The van der Waals surface area contributed by atoms with Gasteiger partial charge in [-0.2, -0.15) is 0 Å². The smallest absolute Gasteiger partial charge is 0.125 e. The number of aliphatic hydroxyl groups is 2. The average molecular weight is 240 g/mol. The first kappa shape index (κ1) is 12.3. The third-order valence-corrected chi connectivity index (χ3v) is 3.12. The van der Waals surface area contributed by atoms with E-state index in [0.29, 0.717) is 11.3 Å². The highest BCUT2D eigenvalue weighted by Crippen LogP contribution is 2.30. The molecule has 1 fully saturated rings. The summed E-state index contributed by atoms with van der Waals surface area (Å²) in [5, 5.41) is 19.2. The van der Waals surface area contributed by atoms with Gasteiger partial charge < -0.3 is 14.9 Å². The second kappa shape index (κ2) is 5.02. The molecule has 0 aromatic heterocycles. The summed E-state index contributed by atoms with van der Waals surface area (Å²) in [6.07, 6.45) is 0.934. The van der Waals surface area contributed by atoms with Crippen LogP contribution in [0.3, 0.4) is 0 Å². The summed E-state index contributed by atoms with van der Waals surface area (Å²) in [4.78, 5) is 0. The number of ether oxygens (including phenoxy) is 1. The van der Waals surface area contributed by atoms with Crippen LogP contribution in [-0.4, -0.2) is 22.4 Å². The number of aliphatic hydroxyl groups excluding tert-OH is 2. The van der Waals surface area contributed by atoms with Gasteiger partial charge in [0.2, 0.25) is 0 Å². The Hall–Kier alpha value is -1.13. The van der Waals surface area contributed by atoms with Gasteiger partial charge in [-0.25, -0.2) is 4.39 Å². The molecule has 1 aliphatic carbocycles. The fourth-order valence-electron chi connectivity index (χ4n) is 2.16. The zero-order chi connectivity index (χ0) is 12.4. The summed E-state index contributed by atoms with van der Waals surface area (Å²) in [6, 6.07) is 4.06. The predicted octanol–water partition coefficient (Wildman–Crippen LogP) is 2.17. The van der Waals surface area contributed by atoms with E-state index < -0.39 is 18.0 Å². The average Bonchev–Trinajstić information content (AvgIpc) is 2.67. The van der Waals surface area contributed by atoms with Crippen molar-refractivity contribution in [2.75, 3.05) is 0 Å². The molecule has 1 saturated carbocycles. The molecule has 2 rings (SSSR count). The second-order valence-corrected chi connectivity index (χ2v) is 4.51. The molecule has 1 aromatic carbocycles. The third kappa shape index (κ3) is 2.76. The summed E-state index contributed by atoms with van der Waals surface area (Å²) in [6.45, 7) is 1.56. The Balaban J connectivity index is 2.19. The van der Waals surface area contributed by atoms with Crippen LogP contribution in [0.25, 0.3) is 0 Å². The number of hydrogen-bond donors (Lipinski definition) is 2. The van der Waals surface area contributed by atoms with Gasteiger partial charge in [0.25, 0.3) is 0 Å². The highest BCUT2D eigenvalue weighted by molar-refractivity contribution is 5.35. The van der Waals surface area contributed by atoms with Crippen LogP contribution >= 0.6 is 0 Å². The Morgan fingerprint density at radius 1 is 1.41 bits per heavy atom. The zero-order valence-electron chi connectivity index (χ0n) is 9.77. The van der Waals surface area contributed by atoms with Crippen LogP contribution in [0.15, 0.2) is 18.2 Å². The summed E-state index contributed by atoms with van der Waals surface area (Å²) in [7, 11) is 0. The zero-order valence-corrected chi connectivity index (χ0v) is 9.77. The van der Waals surface area contributed by atoms with Gasteiger partial charge in [0, 0.05) is 5.56 Å². The van der Waals surface area contributed by atoms with Crippen LogP contribution in [0.5, 0.6) is 5.75 Å². The Morgan fingerprint density at radius 3 is 2.76 bits per heavy atom. The molecule has 0 spiro atoms. The molecule has 1 aliphatic rings. The Kier molecular flexibility index (Phi) is 3.64. The van der Waals surface area contributed by atoms with Crippen molar-refractivity contribution in [3.05, 3.63) is 29.6 Å². The van der Waals surface area contributed by atoms with Gasteiger partial charge in [0.1, 0.15) is 17.7 Å². The Bertz CT molecular complexity index is 392. The number of halogens is 1. The minimum Gasteiger partial charge on any atom is -0.487 e. The minimum absolute atomic E-state index is 0.252. The van der Waals surface area contributed by atoms with Crippen molar-refractivity contribution in [1.82, 2.24) is 0 Å². The van der Waals surface area contributed by atoms with E-state index in [2.05, 4.69) is 0 Å². The van der Waals surface area contributed by atoms with Gasteiger partial charge >= 0.3 is 0 Å². The van der Waals surface area contributed by atoms with Gasteiger partial charge in [0.05, 0.1) is 12.2 Å². The van der Waals surface area contributed by atoms with Crippen molar-refractivity contribution in [1.29, 1.82) is 0 Å². The van der Waals surface area contributed by atoms with Gasteiger partial charge in [0.15, 0.2) is 0 Å². The van der Waals surface area contributed by atoms with Crippen LogP contribution in [-0.2, 0) is 0 Å². The lowest BCUT2D eigenvalue weighted by Gasteiger charge is -2.20. The maximum atomic E-state index is 13.1. The lowest BCUT2D eigenvalue weighted by molar-refractivity contribution is 0.0576. The van der Waals surface area contributed by atoms with Crippen molar-refractivity contribution < 1.29 is 19.3 Å². The maximum absolute atomic E-state index is 13.1. The Morgan fingerprint density at radius 2 is 2.18 bits per heavy atom. The molecule has 4 heteroatoms. The van der Waals surface area contributed by atoms with Crippen LogP contribution < -0.4 is 4.74 Å². The lowest BCUT2D eigenvalue weighted by atomic mass is 10.1. The van der Waals surface area contributed by atoms with Crippen LogP contribution in [0.2, 0.25) is 0 Å².